The van der Waals surface area contributed by atoms with Crippen molar-refractivity contribution in [1.29, 1.82) is 0 Å². The van der Waals surface area contributed by atoms with Crippen molar-refractivity contribution in [3.8, 4) is 11.6 Å². The van der Waals surface area contributed by atoms with E-state index in [1.807, 2.05) is 26.2 Å². The van der Waals surface area contributed by atoms with Gasteiger partial charge in [0.15, 0.2) is 5.82 Å². The molecule has 0 aliphatic carbocycles. The minimum atomic E-state index is -0.761. The standard InChI is InChI=1S/C11H16N4O2S/c1-4-16-6-11(3,12)10-14-9(17-15-10)8-5-18-7(2)13-8/h5H,4,6,12H2,1-3H3. The van der Waals surface area contributed by atoms with Crippen molar-refractivity contribution < 1.29 is 9.26 Å². The van der Waals surface area contributed by atoms with Crippen LogP contribution in [0.2, 0.25) is 0 Å². The largest absolute Gasteiger partial charge is 0.379 e. The molecule has 0 aromatic carbocycles. The molecule has 1 unspecified atom stereocenters. The molecule has 7 heteroatoms. The molecule has 2 heterocycles. The highest BCUT2D eigenvalue weighted by Crippen LogP contribution is 2.22. The summed E-state index contributed by atoms with van der Waals surface area (Å²) < 4.78 is 10.5. The molecule has 6 nitrogen and oxygen atoms in total. The predicted molar refractivity (Wildman–Crippen MR) is 68.2 cm³/mol. The maximum Gasteiger partial charge on any atom is 0.277 e. The number of rotatable bonds is 5. The number of nitrogens with two attached hydrogens (primary N) is 1. The van der Waals surface area contributed by atoms with Gasteiger partial charge in [0, 0.05) is 12.0 Å². The van der Waals surface area contributed by atoms with Gasteiger partial charge in [-0.2, -0.15) is 4.98 Å². The molecule has 0 radical (unpaired) electrons. The Morgan fingerprint density at radius 3 is 2.89 bits per heavy atom. The van der Waals surface area contributed by atoms with Gasteiger partial charge < -0.3 is 15.0 Å². The van der Waals surface area contributed by atoms with Crippen LogP contribution in [0, 0.1) is 6.92 Å². The summed E-state index contributed by atoms with van der Waals surface area (Å²) in [5, 5.41) is 6.73. The summed E-state index contributed by atoms with van der Waals surface area (Å²) in [5.74, 6) is 0.819. The summed E-state index contributed by atoms with van der Waals surface area (Å²) in [5.41, 5.74) is 6.02. The van der Waals surface area contributed by atoms with E-state index in [-0.39, 0.29) is 0 Å². The normalized spacial score (nSPS) is 14.7. The molecule has 0 fully saturated rings. The van der Waals surface area contributed by atoms with Crippen LogP contribution in [-0.2, 0) is 10.3 Å². The number of ether oxygens (including phenoxy) is 1. The maximum atomic E-state index is 6.09. The Kier molecular flexibility index (Phi) is 3.74. The van der Waals surface area contributed by atoms with E-state index in [1.54, 1.807) is 0 Å². The van der Waals surface area contributed by atoms with Gasteiger partial charge in [0.1, 0.15) is 11.2 Å². The van der Waals surface area contributed by atoms with Crippen molar-refractivity contribution in [2.24, 2.45) is 5.73 Å². The fourth-order valence-electron chi connectivity index (χ4n) is 1.40. The van der Waals surface area contributed by atoms with Crippen molar-refractivity contribution in [2.75, 3.05) is 13.2 Å². The van der Waals surface area contributed by atoms with Gasteiger partial charge in [-0.25, -0.2) is 4.98 Å². The molecule has 0 saturated carbocycles. The molecule has 0 amide bonds. The van der Waals surface area contributed by atoms with E-state index in [2.05, 4.69) is 15.1 Å². The molecule has 18 heavy (non-hydrogen) atoms. The second-order valence-electron chi connectivity index (χ2n) is 4.23. The van der Waals surface area contributed by atoms with E-state index in [0.29, 0.717) is 30.6 Å². The first kappa shape index (κ1) is 13.1. The molecule has 0 bridgehead atoms. The molecular weight excluding hydrogens is 252 g/mol. The monoisotopic (exact) mass is 268 g/mol. The summed E-state index contributed by atoms with van der Waals surface area (Å²) in [6.45, 7) is 6.59. The summed E-state index contributed by atoms with van der Waals surface area (Å²) in [6.07, 6.45) is 0. The maximum absolute atomic E-state index is 6.09. The van der Waals surface area contributed by atoms with Gasteiger partial charge in [0.05, 0.1) is 11.6 Å². The van der Waals surface area contributed by atoms with E-state index in [1.165, 1.54) is 11.3 Å². The Bertz CT molecular complexity index is 521. The average Bonchev–Trinajstić information content (AvgIpc) is 2.94. The highest BCUT2D eigenvalue weighted by molar-refractivity contribution is 7.09. The third-order valence-electron chi connectivity index (χ3n) is 2.38. The van der Waals surface area contributed by atoms with Crippen molar-refractivity contribution >= 4 is 11.3 Å². The second-order valence-corrected chi connectivity index (χ2v) is 5.29. The van der Waals surface area contributed by atoms with Crippen LogP contribution in [-0.4, -0.2) is 28.3 Å². The fraction of sp³-hybridized carbons (Fsp3) is 0.545. The smallest absolute Gasteiger partial charge is 0.277 e. The number of hydrogen-bond donors (Lipinski definition) is 1. The number of aromatic nitrogens is 3. The van der Waals surface area contributed by atoms with E-state index >= 15 is 0 Å². The minimum Gasteiger partial charge on any atom is -0.379 e. The first-order chi connectivity index (χ1) is 8.53. The average molecular weight is 268 g/mol. The molecule has 1 atom stereocenters. The van der Waals surface area contributed by atoms with Gasteiger partial charge >= 0.3 is 0 Å². The van der Waals surface area contributed by atoms with E-state index in [0.717, 1.165) is 5.01 Å². The lowest BCUT2D eigenvalue weighted by atomic mass is 10.1. The van der Waals surface area contributed by atoms with Gasteiger partial charge in [-0.15, -0.1) is 11.3 Å². The Morgan fingerprint density at radius 1 is 1.50 bits per heavy atom. The number of nitrogens with zero attached hydrogens (tertiary/aromatic N) is 3. The molecule has 0 spiro atoms. The van der Waals surface area contributed by atoms with Crippen LogP contribution in [0.15, 0.2) is 9.90 Å². The summed E-state index contributed by atoms with van der Waals surface area (Å²) in [7, 11) is 0. The predicted octanol–water partition coefficient (Wildman–Crippen LogP) is 1.71. The van der Waals surface area contributed by atoms with Gasteiger partial charge in [0.25, 0.3) is 5.89 Å². The third-order valence-corrected chi connectivity index (χ3v) is 3.15. The number of aryl methyl sites for hydroxylation is 1. The molecule has 2 rings (SSSR count). The van der Waals surface area contributed by atoms with E-state index < -0.39 is 5.54 Å². The fourth-order valence-corrected chi connectivity index (χ4v) is 1.99. The van der Waals surface area contributed by atoms with Crippen LogP contribution in [0.1, 0.15) is 24.7 Å². The van der Waals surface area contributed by atoms with Crippen LogP contribution in [0.4, 0.5) is 0 Å². The summed E-state index contributed by atoms with van der Waals surface area (Å²) in [6, 6.07) is 0. The van der Waals surface area contributed by atoms with Crippen molar-refractivity contribution in [2.45, 2.75) is 26.3 Å². The van der Waals surface area contributed by atoms with Gasteiger partial charge in [-0.05, 0) is 20.8 Å². The molecule has 0 saturated heterocycles. The molecular formula is C11H16N4O2S. The van der Waals surface area contributed by atoms with Gasteiger partial charge in [0.2, 0.25) is 0 Å². The SMILES string of the molecule is CCOCC(C)(N)c1noc(-c2csc(C)n2)n1. The zero-order valence-electron chi connectivity index (χ0n) is 10.6. The van der Waals surface area contributed by atoms with Crippen LogP contribution in [0.3, 0.4) is 0 Å². The van der Waals surface area contributed by atoms with Crippen molar-refractivity contribution in [1.82, 2.24) is 15.1 Å². The van der Waals surface area contributed by atoms with Crippen LogP contribution in [0.5, 0.6) is 0 Å². The first-order valence-corrected chi connectivity index (χ1v) is 6.54. The quantitative estimate of drug-likeness (QED) is 0.888. The van der Waals surface area contributed by atoms with E-state index in [9.17, 15) is 0 Å². The lowest BCUT2D eigenvalue weighted by Gasteiger charge is -2.19. The van der Waals surface area contributed by atoms with Gasteiger partial charge in [-0.1, -0.05) is 5.16 Å². The van der Waals surface area contributed by atoms with E-state index in [4.69, 9.17) is 15.0 Å². The zero-order chi connectivity index (χ0) is 13.2. The van der Waals surface area contributed by atoms with Crippen LogP contribution < -0.4 is 5.73 Å². The molecule has 2 aromatic heterocycles. The first-order valence-electron chi connectivity index (χ1n) is 5.66. The number of thiazole rings is 1. The van der Waals surface area contributed by atoms with Gasteiger partial charge in [-0.3, -0.25) is 0 Å². The highest BCUT2D eigenvalue weighted by atomic mass is 32.1. The topological polar surface area (TPSA) is 87.1 Å². The molecule has 0 aliphatic rings. The highest BCUT2D eigenvalue weighted by Gasteiger charge is 2.28. The van der Waals surface area contributed by atoms with Crippen LogP contribution >= 0.6 is 11.3 Å². The molecule has 98 valence electrons. The molecule has 0 aliphatic heterocycles. The second kappa shape index (κ2) is 5.13. The Hall–Kier alpha value is -1.31. The Balaban J connectivity index is 2.19. The van der Waals surface area contributed by atoms with Crippen LogP contribution in [0.25, 0.3) is 11.6 Å². The lowest BCUT2D eigenvalue weighted by Crippen LogP contribution is -2.39. The number of hydrogen-bond acceptors (Lipinski definition) is 7. The third kappa shape index (κ3) is 2.74. The summed E-state index contributed by atoms with van der Waals surface area (Å²) >= 11 is 1.54. The Morgan fingerprint density at radius 2 is 2.28 bits per heavy atom. The minimum absolute atomic E-state index is 0.346. The Labute approximate surface area is 109 Å². The van der Waals surface area contributed by atoms with Crippen molar-refractivity contribution in [3.63, 3.8) is 0 Å². The molecule has 2 aromatic rings. The molecule has 2 N–H and O–H groups in total. The lowest BCUT2D eigenvalue weighted by molar-refractivity contribution is 0.0962. The van der Waals surface area contributed by atoms with Crippen molar-refractivity contribution in [3.05, 3.63) is 16.2 Å². The summed E-state index contributed by atoms with van der Waals surface area (Å²) in [4.78, 5) is 8.57. The zero-order valence-corrected chi connectivity index (χ0v) is 11.5.